The maximum Gasteiger partial charge on any atom is 0.309 e. The summed E-state index contributed by atoms with van der Waals surface area (Å²) in [7, 11) is 0. The molecule has 20 heavy (non-hydrogen) atoms. The van der Waals surface area contributed by atoms with Crippen LogP contribution < -0.4 is 9.47 Å². The van der Waals surface area contributed by atoms with Gasteiger partial charge >= 0.3 is 5.97 Å². The summed E-state index contributed by atoms with van der Waals surface area (Å²) in [6.45, 7) is 2.92. The summed E-state index contributed by atoms with van der Waals surface area (Å²) in [5.74, 6) is 1.26. The molecule has 3 rings (SSSR count). The van der Waals surface area contributed by atoms with E-state index in [2.05, 4.69) is 4.98 Å². The number of carbonyl (C=O) groups is 1. The number of hydrogen-bond acceptors (Lipinski definition) is 4. The molecule has 0 atom stereocenters. The Bertz CT molecular complexity index is 663. The molecule has 1 aromatic carbocycles. The lowest BCUT2D eigenvalue weighted by molar-refractivity contribution is -0.136. The maximum absolute atomic E-state index is 10.7. The predicted octanol–water partition coefficient (Wildman–Crippen LogP) is 1.58. The SMILES string of the molecule is Cc1nc(CC(=O)O)cn1-c1ccc2c(c1)OCCO2. The fourth-order valence-corrected chi connectivity index (χ4v) is 2.22. The molecular weight excluding hydrogens is 260 g/mol. The molecule has 1 aliphatic heterocycles. The first kappa shape index (κ1) is 12.5. The first-order valence-corrected chi connectivity index (χ1v) is 6.30. The van der Waals surface area contributed by atoms with Crippen molar-refractivity contribution in [2.45, 2.75) is 13.3 Å². The average molecular weight is 274 g/mol. The molecule has 0 amide bonds. The van der Waals surface area contributed by atoms with Gasteiger partial charge in [0, 0.05) is 12.3 Å². The van der Waals surface area contributed by atoms with E-state index in [1.165, 1.54) is 0 Å². The summed E-state index contributed by atoms with van der Waals surface area (Å²) < 4.78 is 12.9. The topological polar surface area (TPSA) is 73.6 Å². The lowest BCUT2D eigenvalue weighted by atomic mass is 10.2. The van der Waals surface area contributed by atoms with Crippen molar-refractivity contribution in [2.75, 3.05) is 13.2 Å². The van der Waals surface area contributed by atoms with Crippen LogP contribution in [-0.4, -0.2) is 33.8 Å². The number of carboxylic acids is 1. The molecule has 2 heterocycles. The number of benzene rings is 1. The highest BCUT2D eigenvalue weighted by Crippen LogP contribution is 2.32. The second kappa shape index (κ2) is 4.88. The Labute approximate surface area is 115 Å². The Kier molecular flexibility index (Phi) is 3.06. The van der Waals surface area contributed by atoms with Crippen molar-refractivity contribution in [3.05, 3.63) is 35.9 Å². The van der Waals surface area contributed by atoms with Crippen molar-refractivity contribution >= 4 is 5.97 Å². The van der Waals surface area contributed by atoms with E-state index in [1.807, 2.05) is 29.7 Å². The Morgan fingerprint density at radius 1 is 1.35 bits per heavy atom. The zero-order valence-corrected chi connectivity index (χ0v) is 11.0. The highest BCUT2D eigenvalue weighted by molar-refractivity contribution is 5.69. The summed E-state index contributed by atoms with van der Waals surface area (Å²) in [6.07, 6.45) is 1.65. The van der Waals surface area contributed by atoms with Crippen LogP contribution in [0.3, 0.4) is 0 Å². The number of hydrogen-bond donors (Lipinski definition) is 1. The minimum absolute atomic E-state index is 0.0849. The number of nitrogens with zero attached hydrogens (tertiary/aromatic N) is 2. The van der Waals surface area contributed by atoms with Crippen LogP contribution >= 0.6 is 0 Å². The first-order valence-electron chi connectivity index (χ1n) is 6.30. The molecule has 1 aromatic heterocycles. The number of ether oxygens (including phenoxy) is 2. The summed E-state index contributed by atoms with van der Waals surface area (Å²) in [5.41, 5.74) is 1.40. The molecule has 104 valence electrons. The molecule has 6 heteroatoms. The number of fused-ring (bicyclic) bond motifs is 1. The average Bonchev–Trinajstić information content (AvgIpc) is 2.78. The number of rotatable bonds is 3. The van der Waals surface area contributed by atoms with Crippen LogP contribution in [-0.2, 0) is 11.2 Å². The van der Waals surface area contributed by atoms with Crippen molar-refractivity contribution in [1.29, 1.82) is 0 Å². The van der Waals surface area contributed by atoms with Crippen molar-refractivity contribution in [2.24, 2.45) is 0 Å². The molecule has 0 spiro atoms. The quantitative estimate of drug-likeness (QED) is 0.919. The molecule has 0 radical (unpaired) electrons. The van der Waals surface area contributed by atoms with Crippen LogP contribution in [0, 0.1) is 6.92 Å². The van der Waals surface area contributed by atoms with E-state index >= 15 is 0 Å². The van der Waals surface area contributed by atoms with Crippen molar-refractivity contribution in [3.8, 4) is 17.2 Å². The highest BCUT2D eigenvalue weighted by Gasteiger charge is 2.14. The van der Waals surface area contributed by atoms with E-state index in [4.69, 9.17) is 14.6 Å². The van der Waals surface area contributed by atoms with Gasteiger partial charge in [0.2, 0.25) is 0 Å². The molecule has 0 unspecified atom stereocenters. The van der Waals surface area contributed by atoms with Crippen LogP contribution in [0.1, 0.15) is 11.5 Å². The molecule has 1 aliphatic rings. The number of carboxylic acid groups (broad SMARTS) is 1. The van der Waals surface area contributed by atoms with Crippen LogP contribution in [0.4, 0.5) is 0 Å². The molecule has 2 aromatic rings. The monoisotopic (exact) mass is 274 g/mol. The van der Waals surface area contributed by atoms with Crippen LogP contribution in [0.25, 0.3) is 5.69 Å². The Morgan fingerprint density at radius 2 is 2.10 bits per heavy atom. The Balaban J connectivity index is 1.96. The molecule has 1 N–H and O–H groups in total. The Morgan fingerprint density at radius 3 is 2.85 bits per heavy atom. The van der Waals surface area contributed by atoms with Gasteiger partial charge in [0.15, 0.2) is 11.5 Å². The molecule has 0 saturated carbocycles. The largest absolute Gasteiger partial charge is 0.486 e. The normalized spacial score (nSPS) is 13.2. The van der Waals surface area contributed by atoms with Crippen LogP contribution in [0.15, 0.2) is 24.4 Å². The molecule has 0 saturated heterocycles. The van der Waals surface area contributed by atoms with Crippen LogP contribution in [0.2, 0.25) is 0 Å². The fraction of sp³-hybridized carbons (Fsp3) is 0.286. The van der Waals surface area contributed by atoms with Gasteiger partial charge in [-0.05, 0) is 19.1 Å². The molecule has 0 aliphatic carbocycles. The molecule has 0 fully saturated rings. The van der Waals surface area contributed by atoms with Gasteiger partial charge in [-0.1, -0.05) is 0 Å². The second-order valence-electron chi connectivity index (χ2n) is 4.55. The third-order valence-corrected chi connectivity index (χ3v) is 3.07. The zero-order valence-electron chi connectivity index (χ0n) is 11.0. The van der Waals surface area contributed by atoms with Gasteiger partial charge < -0.3 is 19.1 Å². The van der Waals surface area contributed by atoms with Gasteiger partial charge in [0.1, 0.15) is 19.0 Å². The third-order valence-electron chi connectivity index (χ3n) is 3.07. The second-order valence-corrected chi connectivity index (χ2v) is 4.55. The molecule has 6 nitrogen and oxygen atoms in total. The lowest BCUT2D eigenvalue weighted by Gasteiger charge is -2.19. The highest BCUT2D eigenvalue weighted by atomic mass is 16.6. The summed E-state index contributed by atoms with van der Waals surface area (Å²) in [6, 6.07) is 5.61. The minimum atomic E-state index is -0.892. The lowest BCUT2D eigenvalue weighted by Crippen LogP contribution is -2.15. The van der Waals surface area contributed by atoms with Crippen molar-refractivity contribution in [3.63, 3.8) is 0 Å². The first-order chi connectivity index (χ1) is 9.63. The number of aliphatic carboxylic acids is 1. The summed E-state index contributed by atoms with van der Waals surface area (Å²) in [4.78, 5) is 15.0. The van der Waals surface area contributed by atoms with E-state index in [-0.39, 0.29) is 6.42 Å². The minimum Gasteiger partial charge on any atom is -0.486 e. The van der Waals surface area contributed by atoms with Gasteiger partial charge in [0.25, 0.3) is 0 Å². The number of aromatic nitrogens is 2. The van der Waals surface area contributed by atoms with Crippen molar-refractivity contribution in [1.82, 2.24) is 9.55 Å². The number of aryl methyl sites for hydroxylation is 1. The van der Waals surface area contributed by atoms with Crippen LogP contribution in [0.5, 0.6) is 11.5 Å². The molecule has 0 bridgehead atoms. The predicted molar refractivity (Wildman–Crippen MR) is 70.6 cm³/mol. The van der Waals surface area contributed by atoms with Gasteiger partial charge in [-0.15, -0.1) is 0 Å². The zero-order chi connectivity index (χ0) is 14.1. The Hall–Kier alpha value is -2.50. The maximum atomic E-state index is 10.7. The van der Waals surface area contributed by atoms with E-state index < -0.39 is 5.97 Å². The van der Waals surface area contributed by atoms with E-state index in [0.29, 0.717) is 24.7 Å². The van der Waals surface area contributed by atoms with Gasteiger partial charge in [-0.25, -0.2) is 4.98 Å². The van der Waals surface area contributed by atoms with E-state index in [0.717, 1.165) is 17.3 Å². The van der Waals surface area contributed by atoms with Crippen molar-refractivity contribution < 1.29 is 19.4 Å². The third kappa shape index (κ3) is 2.32. The van der Waals surface area contributed by atoms with Gasteiger partial charge in [0.05, 0.1) is 17.8 Å². The summed E-state index contributed by atoms with van der Waals surface area (Å²) in [5, 5.41) is 8.81. The number of imidazole rings is 1. The molecular formula is C14H14N2O4. The fourth-order valence-electron chi connectivity index (χ4n) is 2.22. The summed E-state index contributed by atoms with van der Waals surface area (Å²) >= 11 is 0. The standard InChI is InChI=1S/C14H14N2O4/c1-9-15-10(6-14(17)18)8-16(9)11-2-3-12-13(7-11)20-5-4-19-12/h2-3,7-8H,4-6H2,1H3,(H,17,18). The van der Waals surface area contributed by atoms with Gasteiger partial charge in [-0.2, -0.15) is 0 Å². The smallest absolute Gasteiger partial charge is 0.309 e. The van der Waals surface area contributed by atoms with E-state index in [9.17, 15) is 4.79 Å². The van der Waals surface area contributed by atoms with Gasteiger partial charge in [-0.3, -0.25) is 4.79 Å². The van der Waals surface area contributed by atoms with E-state index in [1.54, 1.807) is 6.20 Å².